The van der Waals surface area contributed by atoms with Crippen LogP contribution in [0, 0.1) is 0 Å². The van der Waals surface area contributed by atoms with Crippen LogP contribution in [0.1, 0.15) is 5.56 Å². The van der Waals surface area contributed by atoms with Gasteiger partial charge in [0.15, 0.2) is 0 Å². The monoisotopic (exact) mass is 191 g/mol. The van der Waals surface area contributed by atoms with Crippen molar-refractivity contribution in [1.82, 2.24) is 0 Å². The molecule has 0 atom stereocenters. The molecule has 70 valence electrons. The summed E-state index contributed by atoms with van der Waals surface area (Å²) in [5, 5.41) is 0. The Morgan fingerprint density at radius 3 is 2.46 bits per heavy atom. The molecule has 2 heteroatoms. The lowest BCUT2D eigenvalue weighted by Crippen LogP contribution is -2.15. The van der Waals surface area contributed by atoms with E-state index < -0.39 is 8.07 Å². The van der Waals surface area contributed by atoms with Crippen molar-refractivity contribution >= 4 is 19.8 Å². The van der Waals surface area contributed by atoms with E-state index in [0.717, 1.165) is 5.69 Å². The third-order valence-electron chi connectivity index (χ3n) is 1.69. The fourth-order valence-electron chi connectivity index (χ4n) is 1.01. The zero-order chi connectivity index (χ0) is 9.90. The van der Waals surface area contributed by atoms with Gasteiger partial charge in [-0.3, -0.25) is 0 Å². The summed E-state index contributed by atoms with van der Waals surface area (Å²) < 4.78 is 0. The van der Waals surface area contributed by atoms with Gasteiger partial charge >= 0.3 is 0 Å². The largest absolute Gasteiger partial charge is 0.399 e. The van der Waals surface area contributed by atoms with Crippen molar-refractivity contribution in [3.8, 4) is 0 Å². The molecule has 0 aromatic heterocycles. The smallest absolute Gasteiger partial charge is 0.0687 e. The molecule has 0 bridgehead atoms. The Kier molecular flexibility index (Phi) is 2.93. The fourth-order valence-corrected chi connectivity index (χ4v) is 1.70. The molecule has 0 radical (unpaired) electrons. The summed E-state index contributed by atoms with van der Waals surface area (Å²) >= 11 is 0. The molecule has 0 aliphatic carbocycles. The van der Waals surface area contributed by atoms with Gasteiger partial charge in [0.25, 0.3) is 0 Å². The number of nitrogens with two attached hydrogens (primary N) is 1. The lowest BCUT2D eigenvalue weighted by molar-refractivity contribution is 1.64. The quantitative estimate of drug-likeness (QED) is 0.564. The average Bonchev–Trinajstić information content (AvgIpc) is 2.00. The van der Waals surface area contributed by atoms with Crippen molar-refractivity contribution in [2.75, 3.05) is 5.73 Å². The van der Waals surface area contributed by atoms with Gasteiger partial charge in [-0.1, -0.05) is 43.5 Å². The van der Waals surface area contributed by atoms with E-state index in [1.54, 1.807) is 0 Å². The van der Waals surface area contributed by atoms with E-state index in [1.807, 2.05) is 18.2 Å². The number of benzene rings is 1. The molecular formula is C11H17NSi. The van der Waals surface area contributed by atoms with Gasteiger partial charge < -0.3 is 5.73 Å². The van der Waals surface area contributed by atoms with Crippen LogP contribution in [0.4, 0.5) is 5.69 Å². The van der Waals surface area contributed by atoms with Crippen molar-refractivity contribution < 1.29 is 0 Å². The highest BCUT2D eigenvalue weighted by Gasteiger charge is 2.06. The summed E-state index contributed by atoms with van der Waals surface area (Å²) in [4.78, 5) is 0. The van der Waals surface area contributed by atoms with Crippen LogP contribution >= 0.6 is 0 Å². The second kappa shape index (κ2) is 3.79. The van der Waals surface area contributed by atoms with Crippen LogP contribution in [0.25, 0.3) is 6.08 Å². The van der Waals surface area contributed by atoms with E-state index in [-0.39, 0.29) is 0 Å². The lowest BCUT2D eigenvalue weighted by atomic mass is 10.2. The first-order valence-corrected chi connectivity index (χ1v) is 8.10. The molecule has 1 aromatic rings. The van der Waals surface area contributed by atoms with Crippen LogP contribution in [0.3, 0.4) is 0 Å². The molecule has 1 nitrogen and oxygen atoms in total. The Hall–Kier alpha value is -1.02. The molecule has 0 amide bonds. The van der Waals surface area contributed by atoms with Gasteiger partial charge in [-0.15, -0.1) is 0 Å². The Morgan fingerprint density at radius 1 is 1.23 bits per heavy atom. The van der Waals surface area contributed by atoms with Crippen LogP contribution in [0.15, 0.2) is 30.0 Å². The minimum absolute atomic E-state index is 0.831. The number of hydrogen-bond acceptors (Lipinski definition) is 1. The Morgan fingerprint density at radius 2 is 1.92 bits per heavy atom. The van der Waals surface area contributed by atoms with Crippen molar-refractivity contribution in [1.29, 1.82) is 0 Å². The predicted molar refractivity (Wildman–Crippen MR) is 63.2 cm³/mol. The third kappa shape index (κ3) is 3.94. The Bertz CT molecular complexity index is 310. The SMILES string of the molecule is C[Si](C)(C)/C=C/c1cccc(N)c1. The van der Waals surface area contributed by atoms with Crippen molar-refractivity contribution in [2.24, 2.45) is 0 Å². The van der Waals surface area contributed by atoms with Crippen LogP contribution < -0.4 is 5.73 Å². The van der Waals surface area contributed by atoms with E-state index in [1.165, 1.54) is 5.56 Å². The molecule has 0 spiro atoms. The van der Waals surface area contributed by atoms with E-state index in [9.17, 15) is 0 Å². The van der Waals surface area contributed by atoms with Gasteiger partial charge in [-0.05, 0) is 17.7 Å². The van der Waals surface area contributed by atoms with E-state index in [0.29, 0.717) is 0 Å². The van der Waals surface area contributed by atoms with Crippen molar-refractivity contribution in [2.45, 2.75) is 19.6 Å². The first kappa shape index (κ1) is 10.1. The second-order valence-electron chi connectivity index (χ2n) is 4.37. The molecule has 0 saturated heterocycles. The molecule has 0 unspecified atom stereocenters. The van der Waals surface area contributed by atoms with Crippen LogP contribution in [0.2, 0.25) is 19.6 Å². The number of anilines is 1. The molecule has 13 heavy (non-hydrogen) atoms. The predicted octanol–water partition coefficient (Wildman–Crippen LogP) is 3.16. The minimum Gasteiger partial charge on any atom is -0.399 e. The third-order valence-corrected chi connectivity index (χ3v) is 2.85. The zero-order valence-electron chi connectivity index (χ0n) is 8.54. The molecule has 1 rings (SSSR count). The second-order valence-corrected chi connectivity index (χ2v) is 9.43. The number of rotatable bonds is 2. The molecular weight excluding hydrogens is 174 g/mol. The summed E-state index contributed by atoms with van der Waals surface area (Å²) in [6.45, 7) is 6.95. The van der Waals surface area contributed by atoms with Crippen LogP contribution in [0.5, 0.6) is 0 Å². The topological polar surface area (TPSA) is 26.0 Å². The summed E-state index contributed by atoms with van der Waals surface area (Å²) in [6, 6.07) is 7.97. The fraction of sp³-hybridized carbons (Fsp3) is 0.273. The highest BCUT2D eigenvalue weighted by atomic mass is 28.3. The van der Waals surface area contributed by atoms with E-state index in [2.05, 4.69) is 37.5 Å². The number of hydrogen-bond donors (Lipinski definition) is 1. The standard InChI is InChI=1S/C11H17NSi/c1-13(2,3)8-7-10-5-4-6-11(12)9-10/h4-9H,12H2,1-3H3/b8-7+. The Balaban J connectivity index is 2.80. The van der Waals surface area contributed by atoms with Gasteiger partial charge in [0, 0.05) is 5.69 Å². The first-order chi connectivity index (χ1) is 5.97. The lowest BCUT2D eigenvalue weighted by Gasteiger charge is -2.08. The average molecular weight is 191 g/mol. The molecule has 0 aliphatic rings. The van der Waals surface area contributed by atoms with Gasteiger partial charge in [-0.25, -0.2) is 0 Å². The van der Waals surface area contributed by atoms with E-state index >= 15 is 0 Å². The molecule has 1 aromatic carbocycles. The maximum absolute atomic E-state index is 5.68. The molecule has 0 fully saturated rings. The summed E-state index contributed by atoms with van der Waals surface area (Å²) in [5.41, 5.74) is 10.0. The van der Waals surface area contributed by atoms with Crippen molar-refractivity contribution in [3.63, 3.8) is 0 Å². The highest BCUT2D eigenvalue weighted by Crippen LogP contribution is 2.11. The van der Waals surface area contributed by atoms with Gasteiger partial charge in [0.05, 0.1) is 8.07 Å². The van der Waals surface area contributed by atoms with Crippen LogP contribution in [-0.4, -0.2) is 8.07 Å². The van der Waals surface area contributed by atoms with E-state index in [4.69, 9.17) is 5.73 Å². The maximum Gasteiger partial charge on any atom is 0.0687 e. The molecule has 0 saturated carbocycles. The van der Waals surface area contributed by atoms with Gasteiger partial charge in [-0.2, -0.15) is 0 Å². The molecule has 0 heterocycles. The van der Waals surface area contributed by atoms with Crippen molar-refractivity contribution in [3.05, 3.63) is 35.5 Å². The normalized spacial score (nSPS) is 12.2. The van der Waals surface area contributed by atoms with Crippen LogP contribution in [-0.2, 0) is 0 Å². The number of nitrogen functional groups attached to an aromatic ring is 1. The molecule has 0 aliphatic heterocycles. The zero-order valence-corrected chi connectivity index (χ0v) is 9.54. The van der Waals surface area contributed by atoms with Gasteiger partial charge in [0.1, 0.15) is 0 Å². The summed E-state index contributed by atoms with van der Waals surface area (Å²) in [6.07, 6.45) is 2.17. The summed E-state index contributed by atoms with van der Waals surface area (Å²) in [7, 11) is -1.08. The highest BCUT2D eigenvalue weighted by molar-refractivity contribution is 6.81. The molecule has 2 N–H and O–H groups in total. The van der Waals surface area contributed by atoms with Gasteiger partial charge in [0.2, 0.25) is 0 Å². The minimum atomic E-state index is -1.08. The summed E-state index contributed by atoms with van der Waals surface area (Å²) in [5.74, 6) is 0. The maximum atomic E-state index is 5.68. The Labute approximate surface area is 81.3 Å². The first-order valence-electron chi connectivity index (χ1n) is 4.52.